The lowest BCUT2D eigenvalue weighted by atomic mass is 10.2. The van der Waals surface area contributed by atoms with Gasteiger partial charge in [-0.2, -0.15) is 0 Å². The van der Waals surface area contributed by atoms with Gasteiger partial charge in [0.25, 0.3) is 5.91 Å². The highest BCUT2D eigenvalue weighted by Gasteiger charge is 2.24. The van der Waals surface area contributed by atoms with Gasteiger partial charge in [0.1, 0.15) is 0 Å². The topological polar surface area (TPSA) is 38.8 Å². The molecule has 0 unspecified atom stereocenters. The van der Waals surface area contributed by atoms with Gasteiger partial charge in [-0.1, -0.05) is 11.6 Å². The van der Waals surface area contributed by atoms with E-state index >= 15 is 0 Å². The summed E-state index contributed by atoms with van der Waals surface area (Å²) in [6.45, 7) is 1.81. The number of hydrogen-bond donors (Lipinski definition) is 0. The number of ether oxygens (including phenoxy) is 2. The molecule has 0 aromatic heterocycles. The predicted molar refractivity (Wildman–Crippen MR) is 62.7 cm³/mol. The fraction of sp³-hybridized carbons (Fsp3) is 0.417. The van der Waals surface area contributed by atoms with Crippen molar-refractivity contribution in [2.24, 2.45) is 0 Å². The number of benzene rings is 1. The Bertz CT molecular complexity index is 469. The predicted octanol–water partition coefficient (Wildman–Crippen LogP) is 2.30. The largest absolute Gasteiger partial charge is 0.454 e. The molecule has 3 rings (SSSR count). The summed E-state index contributed by atoms with van der Waals surface area (Å²) in [5.74, 6) is 1.10. The molecule has 1 aromatic rings. The van der Waals surface area contributed by atoms with Crippen LogP contribution in [0, 0.1) is 0 Å². The first-order chi connectivity index (χ1) is 8.25. The van der Waals surface area contributed by atoms with E-state index in [9.17, 15) is 4.79 Å². The van der Waals surface area contributed by atoms with Crippen molar-refractivity contribution < 1.29 is 14.3 Å². The molecule has 0 N–H and O–H groups in total. The van der Waals surface area contributed by atoms with E-state index in [0.29, 0.717) is 22.1 Å². The maximum Gasteiger partial charge on any atom is 0.254 e. The van der Waals surface area contributed by atoms with Crippen molar-refractivity contribution >= 4 is 17.5 Å². The zero-order chi connectivity index (χ0) is 11.8. The molecule has 0 saturated carbocycles. The number of halogens is 1. The van der Waals surface area contributed by atoms with E-state index in [1.807, 2.05) is 4.90 Å². The molecule has 2 aliphatic heterocycles. The molecule has 90 valence electrons. The molecule has 0 bridgehead atoms. The molecule has 17 heavy (non-hydrogen) atoms. The van der Waals surface area contributed by atoms with Crippen LogP contribution in [0.3, 0.4) is 0 Å². The highest BCUT2D eigenvalue weighted by atomic mass is 35.5. The second-order valence-corrected chi connectivity index (χ2v) is 4.60. The van der Waals surface area contributed by atoms with Crippen LogP contribution >= 0.6 is 11.6 Å². The van der Waals surface area contributed by atoms with Gasteiger partial charge in [0.15, 0.2) is 11.5 Å². The Morgan fingerprint density at radius 1 is 1.24 bits per heavy atom. The van der Waals surface area contributed by atoms with E-state index in [1.54, 1.807) is 12.1 Å². The van der Waals surface area contributed by atoms with Crippen LogP contribution in [0.25, 0.3) is 0 Å². The number of nitrogens with zero attached hydrogens (tertiary/aromatic N) is 1. The summed E-state index contributed by atoms with van der Waals surface area (Å²) in [7, 11) is 0. The van der Waals surface area contributed by atoms with Crippen LogP contribution in [-0.4, -0.2) is 30.7 Å². The molecule has 1 fully saturated rings. The summed E-state index contributed by atoms with van der Waals surface area (Å²) in [5, 5.41) is 0.433. The van der Waals surface area contributed by atoms with Crippen molar-refractivity contribution in [3.05, 3.63) is 22.7 Å². The zero-order valence-electron chi connectivity index (χ0n) is 9.24. The highest BCUT2D eigenvalue weighted by Crippen LogP contribution is 2.40. The molecule has 2 aliphatic rings. The molecule has 1 saturated heterocycles. The number of likely N-dealkylation sites (tertiary alicyclic amines) is 1. The molecular weight excluding hydrogens is 242 g/mol. The van der Waals surface area contributed by atoms with Crippen LogP contribution in [0.15, 0.2) is 12.1 Å². The number of hydrogen-bond acceptors (Lipinski definition) is 3. The number of carbonyl (C=O) groups is 1. The van der Waals surface area contributed by atoms with Crippen LogP contribution in [0.1, 0.15) is 23.2 Å². The number of rotatable bonds is 1. The summed E-state index contributed by atoms with van der Waals surface area (Å²) >= 11 is 6.05. The number of amides is 1. The quantitative estimate of drug-likeness (QED) is 0.771. The van der Waals surface area contributed by atoms with Gasteiger partial charge in [0.05, 0.1) is 5.02 Å². The third-order valence-electron chi connectivity index (χ3n) is 3.07. The SMILES string of the molecule is O=C(c1cc(Cl)c2c(c1)OCO2)N1CCCC1. The van der Waals surface area contributed by atoms with Gasteiger partial charge < -0.3 is 14.4 Å². The van der Waals surface area contributed by atoms with Gasteiger partial charge in [-0.05, 0) is 25.0 Å². The summed E-state index contributed by atoms with van der Waals surface area (Å²) in [4.78, 5) is 14.0. The van der Waals surface area contributed by atoms with Gasteiger partial charge in [0, 0.05) is 18.7 Å². The molecule has 0 radical (unpaired) electrons. The van der Waals surface area contributed by atoms with Crippen molar-refractivity contribution in [3.63, 3.8) is 0 Å². The lowest BCUT2D eigenvalue weighted by Gasteiger charge is -2.15. The summed E-state index contributed by atoms with van der Waals surface area (Å²) in [6.07, 6.45) is 2.15. The Morgan fingerprint density at radius 2 is 2.00 bits per heavy atom. The molecule has 2 heterocycles. The van der Waals surface area contributed by atoms with Crippen LogP contribution in [-0.2, 0) is 0 Å². The van der Waals surface area contributed by atoms with E-state index < -0.39 is 0 Å². The van der Waals surface area contributed by atoms with Gasteiger partial charge in [-0.25, -0.2) is 0 Å². The van der Waals surface area contributed by atoms with Crippen molar-refractivity contribution in [1.29, 1.82) is 0 Å². The van der Waals surface area contributed by atoms with Crippen molar-refractivity contribution in [3.8, 4) is 11.5 Å². The van der Waals surface area contributed by atoms with Gasteiger partial charge in [-0.15, -0.1) is 0 Å². The first-order valence-electron chi connectivity index (χ1n) is 5.64. The second kappa shape index (κ2) is 4.11. The minimum atomic E-state index is 0.0164. The summed E-state index contributed by atoms with van der Waals surface area (Å²) in [5.41, 5.74) is 0.571. The molecule has 1 aromatic carbocycles. The van der Waals surface area contributed by atoms with E-state index in [1.165, 1.54) is 0 Å². The molecule has 5 heteroatoms. The first kappa shape index (κ1) is 10.7. The van der Waals surface area contributed by atoms with Crippen LogP contribution in [0.4, 0.5) is 0 Å². The molecule has 0 aliphatic carbocycles. The summed E-state index contributed by atoms with van der Waals surface area (Å²) < 4.78 is 10.5. The fourth-order valence-electron chi connectivity index (χ4n) is 2.19. The number of carbonyl (C=O) groups excluding carboxylic acids is 1. The average molecular weight is 254 g/mol. The van der Waals surface area contributed by atoms with E-state index in [2.05, 4.69) is 0 Å². The normalized spacial score (nSPS) is 17.6. The first-order valence-corrected chi connectivity index (χ1v) is 6.02. The maximum atomic E-state index is 12.2. The molecule has 1 amide bonds. The molecular formula is C12H12ClNO3. The smallest absolute Gasteiger partial charge is 0.254 e. The lowest BCUT2D eigenvalue weighted by Crippen LogP contribution is -2.27. The molecule has 0 atom stereocenters. The Hall–Kier alpha value is -1.42. The van der Waals surface area contributed by atoms with Crippen LogP contribution in [0.2, 0.25) is 5.02 Å². The van der Waals surface area contributed by atoms with Crippen molar-refractivity contribution in [1.82, 2.24) is 4.90 Å². The van der Waals surface area contributed by atoms with Crippen molar-refractivity contribution in [2.75, 3.05) is 19.9 Å². The zero-order valence-corrected chi connectivity index (χ0v) is 10.00. The monoisotopic (exact) mass is 253 g/mol. The van der Waals surface area contributed by atoms with Gasteiger partial charge in [0.2, 0.25) is 6.79 Å². The van der Waals surface area contributed by atoms with E-state index in [0.717, 1.165) is 25.9 Å². The van der Waals surface area contributed by atoms with Crippen molar-refractivity contribution in [2.45, 2.75) is 12.8 Å². The van der Waals surface area contributed by atoms with E-state index in [4.69, 9.17) is 21.1 Å². The Morgan fingerprint density at radius 3 is 2.76 bits per heavy atom. The second-order valence-electron chi connectivity index (χ2n) is 4.19. The average Bonchev–Trinajstić information content (AvgIpc) is 2.98. The van der Waals surface area contributed by atoms with Gasteiger partial charge in [-0.3, -0.25) is 4.79 Å². The third-order valence-corrected chi connectivity index (χ3v) is 3.35. The molecule has 0 spiro atoms. The summed E-state index contributed by atoms with van der Waals surface area (Å²) in [6, 6.07) is 3.35. The minimum absolute atomic E-state index is 0.0164. The Labute approximate surface area is 104 Å². The molecule has 4 nitrogen and oxygen atoms in total. The standard InChI is InChI=1S/C12H12ClNO3/c13-9-5-8(6-10-11(9)17-7-16-10)12(15)14-3-1-2-4-14/h5-6H,1-4,7H2. The highest BCUT2D eigenvalue weighted by molar-refractivity contribution is 6.32. The fourth-order valence-corrected chi connectivity index (χ4v) is 2.46. The van der Waals surface area contributed by atoms with E-state index in [-0.39, 0.29) is 12.7 Å². The van der Waals surface area contributed by atoms with Crippen LogP contribution in [0.5, 0.6) is 11.5 Å². The third kappa shape index (κ3) is 1.82. The minimum Gasteiger partial charge on any atom is -0.454 e. The Kier molecular flexibility index (Phi) is 2.59. The van der Waals surface area contributed by atoms with Crippen LogP contribution < -0.4 is 9.47 Å². The maximum absolute atomic E-state index is 12.2. The lowest BCUT2D eigenvalue weighted by molar-refractivity contribution is 0.0792. The van der Waals surface area contributed by atoms with Gasteiger partial charge >= 0.3 is 0 Å². The number of fused-ring (bicyclic) bond motifs is 1. The Balaban J connectivity index is 1.93.